The number of hydrogen-bond donors (Lipinski definition) is 0. The molecule has 2 rings (SSSR count). The highest BCUT2D eigenvalue weighted by molar-refractivity contribution is 7.90. The number of rotatable bonds is 6. The summed E-state index contributed by atoms with van der Waals surface area (Å²) in [5, 5.41) is 0. The Hall–Kier alpha value is -1.56. The Labute approximate surface area is 138 Å². The summed E-state index contributed by atoms with van der Waals surface area (Å²) in [6, 6.07) is 8.10. The minimum Gasteiger partial charge on any atom is -0.490 e. The Morgan fingerprint density at radius 1 is 1.30 bits per heavy atom. The molecule has 23 heavy (non-hydrogen) atoms. The molecule has 0 N–H and O–H groups in total. The van der Waals surface area contributed by atoms with Crippen LogP contribution in [0.15, 0.2) is 24.3 Å². The van der Waals surface area contributed by atoms with E-state index in [-0.39, 0.29) is 24.2 Å². The second kappa shape index (κ2) is 7.81. The average Bonchev–Trinajstić information content (AvgIpc) is 2.53. The molecule has 0 radical (unpaired) electrons. The van der Waals surface area contributed by atoms with E-state index in [0.717, 1.165) is 31.3 Å². The van der Waals surface area contributed by atoms with Crippen molar-refractivity contribution in [3.05, 3.63) is 29.8 Å². The quantitative estimate of drug-likeness (QED) is 0.796. The first-order chi connectivity index (χ1) is 10.9. The first kappa shape index (κ1) is 17.8. The predicted octanol–water partition coefficient (Wildman–Crippen LogP) is 2.05. The predicted molar refractivity (Wildman–Crippen MR) is 90.4 cm³/mol. The summed E-state index contributed by atoms with van der Waals surface area (Å²) in [6.45, 7) is 3.36. The number of carbonyl (C=O) groups is 1. The molecule has 1 fully saturated rings. The van der Waals surface area contributed by atoms with Crippen molar-refractivity contribution < 1.29 is 17.9 Å². The molecule has 1 heterocycles. The van der Waals surface area contributed by atoms with E-state index in [9.17, 15) is 13.2 Å². The van der Waals surface area contributed by atoms with Crippen LogP contribution in [-0.4, -0.2) is 50.4 Å². The molecule has 0 spiro atoms. The van der Waals surface area contributed by atoms with E-state index in [4.69, 9.17) is 4.74 Å². The molecule has 1 aromatic rings. The normalized spacial score (nSPS) is 16.3. The van der Waals surface area contributed by atoms with Crippen molar-refractivity contribution in [1.29, 1.82) is 0 Å². The largest absolute Gasteiger partial charge is 0.490 e. The first-order valence-corrected chi connectivity index (χ1v) is 10.1. The van der Waals surface area contributed by atoms with E-state index in [1.54, 1.807) is 4.90 Å². The maximum absolute atomic E-state index is 12.0. The number of hydrogen-bond acceptors (Lipinski definition) is 4. The second-order valence-electron chi connectivity index (χ2n) is 6.08. The average molecular weight is 339 g/mol. The highest BCUT2D eigenvalue weighted by Crippen LogP contribution is 2.20. The number of sulfone groups is 1. The third-order valence-electron chi connectivity index (χ3n) is 4.09. The fourth-order valence-electron chi connectivity index (χ4n) is 2.69. The number of likely N-dealkylation sites (tertiary alicyclic amines) is 1. The molecule has 1 aliphatic heterocycles. The van der Waals surface area contributed by atoms with Gasteiger partial charge < -0.3 is 9.64 Å². The molecule has 0 bridgehead atoms. The van der Waals surface area contributed by atoms with Crippen molar-refractivity contribution in [2.24, 2.45) is 0 Å². The molecule has 0 unspecified atom stereocenters. The highest BCUT2D eigenvalue weighted by atomic mass is 32.2. The first-order valence-electron chi connectivity index (χ1n) is 8.08. The van der Waals surface area contributed by atoms with E-state index in [1.165, 1.54) is 5.56 Å². The zero-order valence-electron chi connectivity index (χ0n) is 13.8. The zero-order chi connectivity index (χ0) is 16.9. The Morgan fingerprint density at radius 2 is 2.00 bits per heavy atom. The molecule has 1 saturated heterocycles. The molecule has 0 atom stereocenters. The van der Waals surface area contributed by atoms with Gasteiger partial charge in [0, 0.05) is 38.6 Å². The van der Waals surface area contributed by atoms with E-state index >= 15 is 0 Å². The summed E-state index contributed by atoms with van der Waals surface area (Å²) in [5.74, 6) is 0.722. The van der Waals surface area contributed by atoms with Crippen LogP contribution in [0.4, 0.5) is 0 Å². The van der Waals surface area contributed by atoms with Gasteiger partial charge >= 0.3 is 0 Å². The lowest BCUT2D eigenvalue weighted by Crippen LogP contribution is -2.42. The van der Waals surface area contributed by atoms with Gasteiger partial charge in [0.2, 0.25) is 5.91 Å². The van der Waals surface area contributed by atoms with Crippen LogP contribution in [0.25, 0.3) is 0 Å². The minimum absolute atomic E-state index is 0.0723. The Bertz CT molecular complexity index is 634. The lowest BCUT2D eigenvalue weighted by Gasteiger charge is -2.32. The number of aryl methyl sites for hydroxylation is 1. The fourth-order valence-corrected chi connectivity index (χ4v) is 3.23. The van der Waals surface area contributed by atoms with Crippen molar-refractivity contribution in [1.82, 2.24) is 4.90 Å². The third kappa shape index (κ3) is 5.86. The number of piperidine rings is 1. The summed E-state index contributed by atoms with van der Waals surface area (Å²) in [5.41, 5.74) is 1.25. The maximum Gasteiger partial charge on any atom is 0.223 e. The third-order valence-corrected chi connectivity index (χ3v) is 5.04. The van der Waals surface area contributed by atoms with Crippen LogP contribution in [0.2, 0.25) is 0 Å². The molecule has 1 aliphatic rings. The molecular formula is C17H25NO4S. The fraction of sp³-hybridized carbons (Fsp3) is 0.588. The Kier molecular flexibility index (Phi) is 6.04. The summed E-state index contributed by atoms with van der Waals surface area (Å²) < 4.78 is 28.3. The summed E-state index contributed by atoms with van der Waals surface area (Å²) in [7, 11) is -3.09. The molecule has 1 amide bonds. The lowest BCUT2D eigenvalue weighted by molar-refractivity contribution is -0.132. The van der Waals surface area contributed by atoms with Crippen molar-refractivity contribution in [3.8, 4) is 5.75 Å². The molecule has 0 aromatic heterocycles. The molecule has 128 valence electrons. The Balaban J connectivity index is 1.80. The SMILES string of the molecule is CCc1cccc(OC2CCN(C(=O)CCS(C)(=O)=O)CC2)c1. The molecule has 5 nitrogen and oxygen atoms in total. The Morgan fingerprint density at radius 3 is 2.61 bits per heavy atom. The van der Waals surface area contributed by atoms with Gasteiger partial charge in [-0.25, -0.2) is 8.42 Å². The van der Waals surface area contributed by atoms with Gasteiger partial charge in [-0.3, -0.25) is 4.79 Å². The van der Waals surface area contributed by atoms with Gasteiger partial charge in [-0.1, -0.05) is 19.1 Å². The van der Waals surface area contributed by atoms with Gasteiger partial charge in [-0.2, -0.15) is 0 Å². The maximum atomic E-state index is 12.0. The molecular weight excluding hydrogens is 314 g/mol. The van der Waals surface area contributed by atoms with Crippen molar-refractivity contribution in [2.45, 2.75) is 38.7 Å². The number of carbonyl (C=O) groups excluding carboxylic acids is 1. The van der Waals surface area contributed by atoms with Gasteiger partial charge in [-0.15, -0.1) is 0 Å². The van der Waals surface area contributed by atoms with Crippen LogP contribution < -0.4 is 4.74 Å². The summed E-state index contributed by atoms with van der Waals surface area (Å²) >= 11 is 0. The van der Waals surface area contributed by atoms with Crippen LogP contribution >= 0.6 is 0 Å². The second-order valence-corrected chi connectivity index (χ2v) is 8.34. The lowest BCUT2D eigenvalue weighted by atomic mass is 10.1. The van der Waals surface area contributed by atoms with Crippen LogP contribution in [0, 0.1) is 0 Å². The number of benzene rings is 1. The topological polar surface area (TPSA) is 63.7 Å². The van der Waals surface area contributed by atoms with Crippen LogP contribution in [-0.2, 0) is 21.1 Å². The van der Waals surface area contributed by atoms with E-state index in [1.807, 2.05) is 12.1 Å². The van der Waals surface area contributed by atoms with Gasteiger partial charge in [0.25, 0.3) is 0 Å². The van der Waals surface area contributed by atoms with Crippen molar-refractivity contribution >= 4 is 15.7 Å². The van der Waals surface area contributed by atoms with Gasteiger partial charge in [-0.05, 0) is 24.1 Å². The smallest absolute Gasteiger partial charge is 0.223 e. The number of amides is 1. The highest BCUT2D eigenvalue weighted by Gasteiger charge is 2.24. The number of ether oxygens (including phenoxy) is 1. The van der Waals surface area contributed by atoms with E-state index in [0.29, 0.717) is 13.1 Å². The van der Waals surface area contributed by atoms with Gasteiger partial charge in [0.1, 0.15) is 21.7 Å². The van der Waals surface area contributed by atoms with Crippen LogP contribution in [0.1, 0.15) is 31.7 Å². The summed E-state index contributed by atoms with van der Waals surface area (Å²) in [6.07, 6.45) is 3.88. The van der Waals surface area contributed by atoms with E-state index < -0.39 is 9.84 Å². The molecule has 1 aromatic carbocycles. The molecule has 0 aliphatic carbocycles. The van der Waals surface area contributed by atoms with Crippen molar-refractivity contribution in [3.63, 3.8) is 0 Å². The number of nitrogens with zero attached hydrogens (tertiary/aromatic N) is 1. The minimum atomic E-state index is -3.09. The molecule has 6 heteroatoms. The monoisotopic (exact) mass is 339 g/mol. The van der Waals surface area contributed by atoms with Crippen LogP contribution in [0.5, 0.6) is 5.75 Å². The summed E-state index contributed by atoms with van der Waals surface area (Å²) in [4.78, 5) is 13.8. The zero-order valence-corrected chi connectivity index (χ0v) is 14.6. The van der Waals surface area contributed by atoms with Gasteiger partial charge in [0.05, 0.1) is 5.75 Å². The van der Waals surface area contributed by atoms with Gasteiger partial charge in [0.15, 0.2) is 0 Å². The standard InChI is InChI=1S/C17H25NO4S/c1-3-14-5-4-6-16(13-14)22-15-7-10-18(11-8-15)17(19)9-12-23(2,20)21/h4-6,13,15H,3,7-12H2,1-2H3. The van der Waals surface area contributed by atoms with E-state index in [2.05, 4.69) is 19.1 Å². The van der Waals surface area contributed by atoms with Crippen LogP contribution in [0.3, 0.4) is 0 Å². The molecule has 0 saturated carbocycles. The van der Waals surface area contributed by atoms with Crippen molar-refractivity contribution in [2.75, 3.05) is 25.1 Å².